The van der Waals surface area contributed by atoms with E-state index in [9.17, 15) is 18.0 Å². The molecule has 0 saturated carbocycles. The van der Waals surface area contributed by atoms with Crippen molar-refractivity contribution in [3.8, 4) is 0 Å². The Morgan fingerprint density at radius 2 is 2.11 bits per heavy atom. The van der Waals surface area contributed by atoms with Crippen LogP contribution in [0.5, 0.6) is 0 Å². The lowest BCUT2D eigenvalue weighted by atomic mass is 10.0. The number of oxime groups is 1. The van der Waals surface area contributed by atoms with Gasteiger partial charge in [-0.3, -0.25) is 0 Å². The average molecular weight is 295 g/mol. The van der Waals surface area contributed by atoms with Gasteiger partial charge in [-0.1, -0.05) is 11.2 Å². The highest BCUT2D eigenvalue weighted by Gasteiger charge is 2.33. The van der Waals surface area contributed by atoms with Crippen molar-refractivity contribution in [3.05, 3.63) is 34.9 Å². The third-order valence-corrected chi connectivity index (χ3v) is 2.44. The summed E-state index contributed by atoms with van der Waals surface area (Å²) < 4.78 is 37.9. The zero-order valence-corrected chi connectivity index (χ0v) is 10.5. The number of aryl methyl sites for hydroxylation is 1. The molecule has 0 amide bonds. The van der Waals surface area contributed by atoms with Gasteiger partial charge in [-0.15, -0.1) is 11.6 Å². The molecule has 0 radical (unpaired) electrons. The van der Waals surface area contributed by atoms with E-state index in [4.69, 9.17) is 17.3 Å². The maximum absolute atomic E-state index is 12.6. The number of amidine groups is 1. The Morgan fingerprint density at radius 3 is 2.63 bits per heavy atom. The number of halogens is 4. The van der Waals surface area contributed by atoms with Crippen molar-refractivity contribution in [3.63, 3.8) is 0 Å². The molecule has 0 bridgehead atoms. The summed E-state index contributed by atoms with van der Waals surface area (Å²) in [6, 6.07) is 3.08. The summed E-state index contributed by atoms with van der Waals surface area (Å²) in [7, 11) is 0. The number of hydrogen-bond acceptors (Lipinski definition) is 3. The number of nitrogens with two attached hydrogens (primary N) is 1. The monoisotopic (exact) mass is 294 g/mol. The van der Waals surface area contributed by atoms with Crippen LogP contribution >= 0.6 is 11.6 Å². The first-order valence-electron chi connectivity index (χ1n) is 5.03. The average Bonchev–Trinajstić information content (AvgIpc) is 2.34. The standard InChI is InChI=1S/C11H10ClF3N2O2/c1-6-2-3-7(4-8(6)11(13,14)15)10(18)19-17-9(16)5-12/h2-4H,5H2,1H3,(H2,16,17). The molecule has 0 aromatic heterocycles. The summed E-state index contributed by atoms with van der Waals surface area (Å²) in [6.07, 6.45) is -4.54. The maximum atomic E-state index is 12.6. The predicted molar refractivity (Wildman–Crippen MR) is 63.9 cm³/mol. The van der Waals surface area contributed by atoms with Crippen LogP contribution in [0.2, 0.25) is 0 Å². The Balaban J connectivity index is 3.00. The number of carbonyl (C=O) groups excluding carboxylic acids is 1. The minimum atomic E-state index is -4.54. The van der Waals surface area contributed by atoms with Gasteiger partial charge in [0.05, 0.1) is 17.0 Å². The van der Waals surface area contributed by atoms with Crippen LogP contribution in [-0.4, -0.2) is 17.7 Å². The molecule has 0 atom stereocenters. The fraction of sp³-hybridized carbons (Fsp3) is 0.273. The molecule has 4 nitrogen and oxygen atoms in total. The van der Waals surface area contributed by atoms with E-state index in [-0.39, 0.29) is 22.8 Å². The molecule has 8 heteroatoms. The van der Waals surface area contributed by atoms with Gasteiger partial charge in [0.2, 0.25) is 0 Å². The zero-order chi connectivity index (χ0) is 14.6. The minimum absolute atomic E-state index is 0.00724. The number of alkyl halides is 4. The van der Waals surface area contributed by atoms with Gasteiger partial charge in [-0.05, 0) is 24.6 Å². The lowest BCUT2D eigenvalue weighted by molar-refractivity contribution is -0.138. The van der Waals surface area contributed by atoms with Crippen LogP contribution in [0.3, 0.4) is 0 Å². The molecule has 0 unspecified atom stereocenters. The van der Waals surface area contributed by atoms with Crippen molar-refractivity contribution in [2.45, 2.75) is 13.1 Å². The van der Waals surface area contributed by atoms with Crippen LogP contribution in [0.4, 0.5) is 13.2 Å². The highest BCUT2D eigenvalue weighted by atomic mass is 35.5. The first-order valence-corrected chi connectivity index (χ1v) is 5.56. The first kappa shape index (κ1) is 15.3. The van der Waals surface area contributed by atoms with Crippen LogP contribution in [0.25, 0.3) is 0 Å². The van der Waals surface area contributed by atoms with Gasteiger partial charge in [0.1, 0.15) is 0 Å². The van der Waals surface area contributed by atoms with Gasteiger partial charge in [-0.2, -0.15) is 13.2 Å². The van der Waals surface area contributed by atoms with Crippen molar-refractivity contribution in [1.29, 1.82) is 0 Å². The van der Waals surface area contributed by atoms with E-state index >= 15 is 0 Å². The number of rotatable bonds is 3. The van der Waals surface area contributed by atoms with E-state index in [1.165, 1.54) is 19.1 Å². The summed E-state index contributed by atoms with van der Waals surface area (Å²) in [5, 5.41) is 3.16. The van der Waals surface area contributed by atoms with Crippen LogP contribution in [0.1, 0.15) is 21.5 Å². The normalized spacial score (nSPS) is 12.4. The third-order valence-electron chi connectivity index (χ3n) is 2.16. The molecule has 104 valence electrons. The zero-order valence-electron chi connectivity index (χ0n) is 9.79. The maximum Gasteiger partial charge on any atom is 0.416 e. The molecule has 0 fully saturated rings. The molecule has 0 saturated heterocycles. The first-order chi connectivity index (χ1) is 8.75. The predicted octanol–water partition coefficient (Wildman–Crippen LogP) is 2.68. The van der Waals surface area contributed by atoms with Gasteiger partial charge < -0.3 is 10.6 Å². The molecule has 0 aliphatic rings. The summed E-state index contributed by atoms with van der Waals surface area (Å²) in [6.45, 7) is 1.29. The SMILES string of the molecule is Cc1ccc(C(=O)O/N=C(\N)CCl)cc1C(F)(F)F. The van der Waals surface area contributed by atoms with E-state index in [0.717, 1.165) is 0 Å². The number of hydrogen-bond donors (Lipinski definition) is 1. The van der Waals surface area contributed by atoms with Crippen LogP contribution in [0, 0.1) is 6.92 Å². The van der Waals surface area contributed by atoms with Crippen molar-refractivity contribution < 1.29 is 22.8 Å². The Kier molecular flexibility index (Phi) is 4.77. The molecule has 1 aromatic rings. The fourth-order valence-corrected chi connectivity index (χ4v) is 1.28. The van der Waals surface area contributed by atoms with E-state index in [0.29, 0.717) is 6.07 Å². The van der Waals surface area contributed by atoms with Gasteiger partial charge >= 0.3 is 12.1 Å². The molecule has 0 spiro atoms. The molecular weight excluding hydrogens is 285 g/mol. The van der Waals surface area contributed by atoms with Crippen LogP contribution in [-0.2, 0) is 11.0 Å². The van der Waals surface area contributed by atoms with Crippen molar-refractivity contribution in [2.24, 2.45) is 10.9 Å². The van der Waals surface area contributed by atoms with Gasteiger partial charge in [0.15, 0.2) is 5.84 Å². The number of benzene rings is 1. The molecular formula is C11H10ClF3N2O2. The van der Waals surface area contributed by atoms with Gasteiger partial charge in [-0.25, -0.2) is 4.79 Å². The summed E-state index contributed by atoms with van der Waals surface area (Å²) in [4.78, 5) is 15.8. The number of carbonyl (C=O) groups is 1. The van der Waals surface area contributed by atoms with E-state index < -0.39 is 17.7 Å². The van der Waals surface area contributed by atoms with E-state index in [1.54, 1.807) is 0 Å². The van der Waals surface area contributed by atoms with Crippen molar-refractivity contribution in [2.75, 3.05) is 5.88 Å². The molecule has 2 N–H and O–H groups in total. The van der Waals surface area contributed by atoms with Crippen molar-refractivity contribution >= 4 is 23.4 Å². The second-order valence-electron chi connectivity index (χ2n) is 3.62. The molecule has 19 heavy (non-hydrogen) atoms. The quantitative estimate of drug-likeness (QED) is 0.306. The van der Waals surface area contributed by atoms with Crippen molar-refractivity contribution in [1.82, 2.24) is 0 Å². The second-order valence-corrected chi connectivity index (χ2v) is 3.89. The summed E-state index contributed by atoms with van der Waals surface area (Å²) in [5.41, 5.74) is 4.01. The Morgan fingerprint density at radius 1 is 1.47 bits per heavy atom. The Hall–Kier alpha value is -1.76. The van der Waals surface area contributed by atoms with Gasteiger partial charge in [0.25, 0.3) is 0 Å². The highest BCUT2D eigenvalue weighted by Crippen LogP contribution is 2.32. The number of nitrogens with zero attached hydrogens (tertiary/aromatic N) is 1. The molecule has 0 aliphatic carbocycles. The fourth-order valence-electron chi connectivity index (χ4n) is 1.23. The smallest absolute Gasteiger partial charge is 0.383 e. The van der Waals surface area contributed by atoms with Gasteiger partial charge in [0, 0.05) is 0 Å². The molecule has 0 heterocycles. The highest BCUT2D eigenvalue weighted by molar-refractivity contribution is 6.27. The third kappa shape index (κ3) is 4.13. The lowest BCUT2D eigenvalue weighted by Gasteiger charge is -2.10. The van der Waals surface area contributed by atoms with Crippen LogP contribution < -0.4 is 5.73 Å². The molecule has 1 aromatic carbocycles. The largest absolute Gasteiger partial charge is 0.416 e. The Labute approximate surface area is 112 Å². The lowest BCUT2D eigenvalue weighted by Crippen LogP contribution is -2.15. The molecule has 1 rings (SSSR count). The Bertz CT molecular complexity index is 515. The summed E-state index contributed by atoms with van der Waals surface area (Å²) >= 11 is 5.29. The van der Waals surface area contributed by atoms with Crippen LogP contribution in [0.15, 0.2) is 23.4 Å². The summed E-state index contributed by atoms with van der Waals surface area (Å²) in [5.74, 6) is -1.36. The minimum Gasteiger partial charge on any atom is -0.383 e. The topological polar surface area (TPSA) is 64.7 Å². The second kappa shape index (κ2) is 5.92. The van der Waals surface area contributed by atoms with E-state index in [1.807, 2.05) is 0 Å². The molecule has 0 aliphatic heterocycles. The van der Waals surface area contributed by atoms with E-state index in [2.05, 4.69) is 9.99 Å².